The first-order valence-corrected chi connectivity index (χ1v) is 8.35. The largest absolute Gasteiger partial charge is 0.482 e. The van der Waals surface area contributed by atoms with Gasteiger partial charge in [-0.25, -0.2) is 4.98 Å². The van der Waals surface area contributed by atoms with Crippen LogP contribution < -0.4 is 4.90 Å². The van der Waals surface area contributed by atoms with Gasteiger partial charge in [0.15, 0.2) is 0 Å². The minimum atomic E-state index is -0.277. The lowest BCUT2D eigenvalue weighted by molar-refractivity contribution is 0.00578. The second-order valence-corrected chi connectivity index (χ2v) is 7.57. The molecule has 4 nitrogen and oxygen atoms in total. The van der Waals surface area contributed by atoms with Crippen LogP contribution >= 0.6 is 0 Å². The van der Waals surface area contributed by atoms with Crippen molar-refractivity contribution < 1.29 is 9.31 Å². The molecule has 2 aliphatic heterocycles. The van der Waals surface area contributed by atoms with Crippen molar-refractivity contribution in [2.24, 2.45) is 0 Å². The molecular weight excluding hydrogens is 275 g/mol. The fourth-order valence-corrected chi connectivity index (χ4v) is 3.25. The van der Waals surface area contributed by atoms with Crippen molar-refractivity contribution in [2.75, 3.05) is 11.4 Å². The lowest BCUT2D eigenvalue weighted by Gasteiger charge is -2.37. The standard InChI is InChI=1S/C17H27BN2O2/c1-13-9-10-19-15(12-13)20-11-7-6-8-14(20)18-21-16(2,3)17(4,5)22-18/h9-10,12,14H,6-8,11H2,1-5H3. The van der Waals surface area contributed by atoms with E-state index in [2.05, 4.69) is 50.6 Å². The first kappa shape index (κ1) is 15.8. The summed E-state index contributed by atoms with van der Waals surface area (Å²) in [5.41, 5.74) is 0.685. The highest BCUT2D eigenvalue weighted by Crippen LogP contribution is 2.40. The molecule has 0 saturated carbocycles. The molecule has 3 heterocycles. The van der Waals surface area contributed by atoms with Crippen LogP contribution in [-0.2, 0) is 9.31 Å². The number of anilines is 1. The molecule has 1 unspecified atom stereocenters. The van der Waals surface area contributed by atoms with Gasteiger partial charge in [-0.05, 0) is 65.2 Å². The van der Waals surface area contributed by atoms with E-state index in [1.54, 1.807) is 0 Å². The molecule has 2 saturated heterocycles. The van der Waals surface area contributed by atoms with Crippen LogP contribution in [0.2, 0.25) is 0 Å². The van der Waals surface area contributed by atoms with Crippen LogP contribution in [0.4, 0.5) is 5.82 Å². The van der Waals surface area contributed by atoms with Crippen molar-refractivity contribution in [3.05, 3.63) is 23.9 Å². The normalized spacial score (nSPS) is 27.2. The highest BCUT2D eigenvalue weighted by molar-refractivity contribution is 6.48. The Morgan fingerprint density at radius 1 is 1.18 bits per heavy atom. The van der Waals surface area contributed by atoms with Crippen molar-refractivity contribution in [1.29, 1.82) is 0 Å². The van der Waals surface area contributed by atoms with Gasteiger partial charge in [0, 0.05) is 12.7 Å². The van der Waals surface area contributed by atoms with Crippen LogP contribution in [0, 0.1) is 6.92 Å². The van der Waals surface area contributed by atoms with E-state index in [1.165, 1.54) is 18.4 Å². The summed E-state index contributed by atoms with van der Waals surface area (Å²) in [6, 6.07) is 4.20. The van der Waals surface area contributed by atoms with Gasteiger partial charge in [-0.2, -0.15) is 0 Å². The summed E-state index contributed by atoms with van der Waals surface area (Å²) >= 11 is 0. The zero-order valence-electron chi connectivity index (χ0n) is 14.4. The summed E-state index contributed by atoms with van der Waals surface area (Å²) in [6.07, 6.45) is 5.40. The quantitative estimate of drug-likeness (QED) is 0.784. The van der Waals surface area contributed by atoms with Gasteiger partial charge >= 0.3 is 7.12 Å². The van der Waals surface area contributed by atoms with Crippen molar-refractivity contribution in [2.45, 2.75) is 71.0 Å². The number of nitrogens with zero attached hydrogens (tertiary/aromatic N) is 2. The molecule has 1 atom stereocenters. The van der Waals surface area contributed by atoms with E-state index in [0.29, 0.717) is 0 Å². The molecule has 120 valence electrons. The van der Waals surface area contributed by atoms with Gasteiger partial charge < -0.3 is 14.2 Å². The monoisotopic (exact) mass is 302 g/mol. The first-order chi connectivity index (χ1) is 10.3. The Morgan fingerprint density at radius 3 is 2.50 bits per heavy atom. The second-order valence-electron chi connectivity index (χ2n) is 7.57. The fraction of sp³-hybridized carbons (Fsp3) is 0.706. The van der Waals surface area contributed by atoms with E-state index in [-0.39, 0.29) is 24.3 Å². The Labute approximate surface area is 134 Å². The summed E-state index contributed by atoms with van der Waals surface area (Å²) in [6.45, 7) is 11.6. The maximum Gasteiger partial charge on any atom is 0.482 e. The smallest absolute Gasteiger partial charge is 0.402 e. The molecule has 22 heavy (non-hydrogen) atoms. The number of rotatable bonds is 2. The average Bonchev–Trinajstić information content (AvgIpc) is 2.67. The average molecular weight is 302 g/mol. The van der Waals surface area contributed by atoms with Gasteiger partial charge in [-0.3, -0.25) is 0 Å². The molecule has 3 rings (SSSR count). The minimum absolute atomic E-state index is 0.187. The van der Waals surface area contributed by atoms with Gasteiger partial charge in [0.1, 0.15) is 5.82 Å². The molecule has 1 aromatic heterocycles. The zero-order valence-corrected chi connectivity index (χ0v) is 14.4. The Kier molecular flexibility index (Phi) is 3.98. The minimum Gasteiger partial charge on any atom is -0.402 e. The number of aryl methyl sites for hydroxylation is 1. The van der Waals surface area contributed by atoms with Crippen LogP contribution in [0.15, 0.2) is 18.3 Å². The Bertz CT molecular complexity index is 531. The van der Waals surface area contributed by atoms with E-state index in [4.69, 9.17) is 9.31 Å². The lowest BCUT2D eigenvalue weighted by atomic mass is 9.72. The third-order valence-corrected chi connectivity index (χ3v) is 5.33. The van der Waals surface area contributed by atoms with Gasteiger partial charge in [0.25, 0.3) is 0 Å². The number of pyridine rings is 1. The molecule has 2 aliphatic rings. The first-order valence-electron chi connectivity index (χ1n) is 8.35. The van der Waals surface area contributed by atoms with Crippen molar-refractivity contribution in [1.82, 2.24) is 4.98 Å². The van der Waals surface area contributed by atoms with Crippen molar-refractivity contribution in [3.8, 4) is 0 Å². The van der Waals surface area contributed by atoms with Crippen LogP contribution in [-0.4, -0.2) is 35.8 Å². The molecule has 0 aromatic carbocycles. The molecule has 5 heteroatoms. The van der Waals surface area contributed by atoms with Crippen molar-refractivity contribution >= 4 is 12.9 Å². The van der Waals surface area contributed by atoms with E-state index < -0.39 is 0 Å². The predicted molar refractivity (Wildman–Crippen MR) is 90.0 cm³/mol. The van der Waals surface area contributed by atoms with Crippen LogP contribution in [0.5, 0.6) is 0 Å². The molecule has 0 bridgehead atoms. The summed E-state index contributed by atoms with van der Waals surface area (Å²) in [5, 5.41) is 0. The molecule has 0 amide bonds. The van der Waals surface area contributed by atoms with Crippen LogP contribution in [0.1, 0.15) is 52.5 Å². The second kappa shape index (κ2) is 5.53. The highest BCUT2D eigenvalue weighted by Gasteiger charge is 2.55. The lowest BCUT2D eigenvalue weighted by Crippen LogP contribution is -2.51. The molecular formula is C17H27BN2O2. The van der Waals surface area contributed by atoms with Gasteiger partial charge in [0.05, 0.1) is 17.1 Å². The van der Waals surface area contributed by atoms with Gasteiger partial charge in [0.2, 0.25) is 0 Å². The molecule has 2 fully saturated rings. The fourth-order valence-electron chi connectivity index (χ4n) is 3.25. The Balaban J connectivity index is 1.85. The molecule has 0 spiro atoms. The third kappa shape index (κ3) is 2.76. The van der Waals surface area contributed by atoms with Gasteiger partial charge in [-0.15, -0.1) is 0 Å². The van der Waals surface area contributed by atoms with Gasteiger partial charge in [-0.1, -0.05) is 6.42 Å². The van der Waals surface area contributed by atoms with Crippen molar-refractivity contribution in [3.63, 3.8) is 0 Å². The molecule has 0 aliphatic carbocycles. The Morgan fingerprint density at radius 2 is 1.86 bits per heavy atom. The van der Waals surface area contributed by atoms with E-state index in [9.17, 15) is 0 Å². The Hall–Kier alpha value is -1.07. The topological polar surface area (TPSA) is 34.6 Å². The van der Waals surface area contributed by atoms with E-state index in [0.717, 1.165) is 18.8 Å². The maximum absolute atomic E-state index is 6.29. The summed E-state index contributed by atoms with van der Waals surface area (Å²) in [4.78, 5) is 6.95. The summed E-state index contributed by atoms with van der Waals surface area (Å²) < 4.78 is 12.6. The third-order valence-electron chi connectivity index (χ3n) is 5.33. The van der Waals surface area contributed by atoms with Crippen LogP contribution in [0.3, 0.4) is 0 Å². The van der Waals surface area contributed by atoms with E-state index in [1.807, 2.05) is 12.3 Å². The number of piperidine rings is 1. The van der Waals surface area contributed by atoms with Crippen LogP contribution in [0.25, 0.3) is 0 Å². The molecule has 0 N–H and O–H groups in total. The molecule has 1 aromatic rings. The SMILES string of the molecule is Cc1ccnc(N2CCCCC2B2OC(C)(C)C(C)(C)O2)c1. The highest BCUT2D eigenvalue weighted by atomic mass is 16.7. The molecule has 0 radical (unpaired) electrons. The maximum atomic E-state index is 6.29. The summed E-state index contributed by atoms with van der Waals surface area (Å²) in [7, 11) is -0.187. The zero-order chi connectivity index (χ0) is 16.0. The summed E-state index contributed by atoms with van der Waals surface area (Å²) in [5.74, 6) is 1.28. The number of hydrogen-bond donors (Lipinski definition) is 0. The van der Waals surface area contributed by atoms with E-state index >= 15 is 0 Å². The number of hydrogen-bond acceptors (Lipinski definition) is 4. The number of aromatic nitrogens is 1. The predicted octanol–water partition coefficient (Wildman–Crippen LogP) is 3.38.